The first-order valence-corrected chi connectivity index (χ1v) is 7.58. The highest BCUT2D eigenvalue weighted by Gasteiger charge is 2.01. The molecule has 2 rings (SSSR count). The van der Waals surface area contributed by atoms with Crippen LogP contribution in [0.25, 0.3) is 0 Å². The van der Waals surface area contributed by atoms with Crippen molar-refractivity contribution in [2.75, 3.05) is 7.11 Å². The van der Waals surface area contributed by atoms with Crippen molar-refractivity contribution in [3.8, 4) is 17.6 Å². The third-order valence-electron chi connectivity index (χ3n) is 2.83. The maximum Gasteiger partial charge on any atom is 0.221 e. The molecule has 0 aliphatic carbocycles. The lowest BCUT2D eigenvalue weighted by molar-refractivity contribution is -0.121. The third-order valence-corrected chi connectivity index (χ3v) is 3.62. The Balaban J connectivity index is 1.72. The lowest BCUT2D eigenvalue weighted by Gasteiger charge is -2.06. The number of amides is 1. The lowest BCUT2D eigenvalue weighted by Crippen LogP contribution is -2.22. The Hall–Kier alpha value is -2.25. The molecule has 1 N–H and O–H groups in total. The van der Waals surface area contributed by atoms with Gasteiger partial charge in [-0.25, -0.2) is 0 Å². The van der Waals surface area contributed by atoms with Crippen molar-refractivity contribution in [3.63, 3.8) is 0 Å². The Morgan fingerprint density at radius 2 is 2.24 bits per heavy atom. The maximum atomic E-state index is 11.7. The van der Waals surface area contributed by atoms with Gasteiger partial charge in [0, 0.05) is 19.4 Å². The number of hydrogen-bond acceptors (Lipinski definition) is 3. The standard InChI is InChI=1S/C17H17NO2S/c1-20-15-7-4-6-14(12-15)13-18-17(19)10-3-2-8-16-9-5-11-21-16/h4-7,9,11-12H,3,10,13H2,1H3,(H,18,19). The van der Waals surface area contributed by atoms with Crippen molar-refractivity contribution in [1.29, 1.82) is 0 Å². The number of hydrogen-bond donors (Lipinski definition) is 1. The summed E-state index contributed by atoms with van der Waals surface area (Å²) in [6.45, 7) is 0.508. The molecule has 0 unspecified atom stereocenters. The number of carbonyl (C=O) groups is 1. The van der Waals surface area contributed by atoms with Gasteiger partial charge in [-0.2, -0.15) is 0 Å². The molecule has 1 aromatic carbocycles. The third kappa shape index (κ3) is 5.33. The molecular weight excluding hydrogens is 282 g/mol. The molecule has 0 saturated carbocycles. The molecule has 1 heterocycles. The van der Waals surface area contributed by atoms with Crippen LogP contribution in [0.1, 0.15) is 23.3 Å². The van der Waals surface area contributed by atoms with Crippen LogP contribution in [0.5, 0.6) is 5.75 Å². The van der Waals surface area contributed by atoms with Crippen LogP contribution in [0.15, 0.2) is 41.8 Å². The summed E-state index contributed by atoms with van der Waals surface area (Å²) < 4.78 is 5.15. The molecule has 0 saturated heterocycles. The predicted molar refractivity (Wildman–Crippen MR) is 85.3 cm³/mol. The topological polar surface area (TPSA) is 38.3 Å². The molecule has 4 heteroatoms. The van der Waals surface area contributed by atoms with Gasteiger partial charge in [0.05, 0.1) is 12.0 Å². The molecular formula is C17H17NO2S. The van der Waals surface area contributed by atoms with E-state index in [4.69, 9.17) is 4.74 Å². The highest BCUT2D eigenvalue weighted by molar-refractivity contribution is 7.10. The minimum absolute atomic E-state index is 0.0123. The van der Waals surface area contributed by atoms with Gasteiger partial charge < -0.3 is 10.1 Å². The minimum Gasteiger partial charge on any atom is -0.497 e. The average molecular weight is 299 g/mol. The molecule has 0 fully saturated rings. The van der Waals surface area contributed by atoms with Crippen molar-refractivity contribution < 1.29 is 9.53 Å². The maximum absolute atomic E-state index is 11.7. The van der Waals surface area contributed by atoms with Crippen LogP contribution in [0.3, 0.4) is 0 Å². The highest BCUT2D eigenvalue weighted by atomic mass is 32.1. The zero-order chi connectivity index (χ0) is 14.9. The van der Waals surface area contributed by atoms with Crippen LogP contribution in [0.4, 0.5) is 0 Å². The van der Waals surface area contributed by atoms with E-state index in [-0.39, 0.29) is 5.91 Å². The summed E-state index contributed by atoms with van der Waals surface area (Å²) in [6.07, 6.45) is 0.990. The molecule has 0 aliphatic heterocycles. The van der Waals surface area contributed by atoms with Crippen LogP contribution in [0.2, 0.25) is 0 Å². The number of thiophene rings is 1. The van der Waals surface area contributed by atoms with E-state index in [9.17, 15) is 4.79 Å². The summed E-state index contributed by atoms with van der Waals surface area (Å²) in [5.41, 5.74) is 1.02. The van der Waals surface area contributed by atoms with E-state index in [1.165, 1.54) is 0 Å². The molecule has 0 aliphatic rings. The Labute approximate surface area is 129 Å². The second-order valence-electron chi connectivity index (χ2n) is 4.41. The monoisotopic (exact) mass is 299 g/mol. The van der Waals surface area contributed by atoms with Crippen molar-refractivity contribution in [1.82, 2.24) is 5.32 Å². The molecule has 0 bridgehead atoms. The highest BCUT2D eigenvalue weighted by Crippen LogP contribution is 2.12. The van der Waals surface area contributed by atoms with Crippen LogP contribution >= 0.6 is 11.3 Å². The first-order valence-electron chi connectivity index (χ1n) is 6.70. The summed E-state index contributed by atoms with van der Waals surface area (Å²) in [4.78, 5) is 12.8. The fourth-order valence-corrected chi connectivity index (χ4v) is 2.34. The zero-order valence-electron chi connectivity index (χ0n) is 11.9. The van der Waals surface area contributed by atoms with Gasteiger partial charge in [-0.15, -0.1) is 11.3 Å². The van der Waals surface area contributed by atoms with E-state index in [0.717, 1.165) is 16.2 Å². The second-order valence-corrected chi connectivity index (χ2v) is 5.36. The van der Waals surface area contributed by atoms with Gasteiger partial charge in [-0.3, -0.25) is 4.79 Å². The van der Waals surface area contributed by atoms with Crippen LogP contribution in [0, 0.1) is 11.8 Å². The first kappa shape index (κ1) is 15.1. The minimum atomic E-state index is 0.0123. The number of ether oxygens (including phenoxy) is 1. The van der Waals surface area contributed by atoms with Gasteiger partial charge >= 0.3 is 0 Å². The summed E-state index contributed by atoms with van der Waals surface area (Å²) in [7, 11) is 1.63. The molecule has 3 nitrogen and oxygen atoms in total. The van der Waals surface area contributed by atoms with Gasteiger partial charge in [-0.1, -0.05) is 30.0 Å². The van der Waals surface area contributed by atoms with Gasteiger partial charge in [0.1, 0.15) is 5.75 Å². The van der Waals surface area contributed by atoms with E-state index in [1.807, 2.05) is 41.8 Å². The van der Waals surface area contributed by atoms with E-state index in [2.05, 4.69) is 17.2 Å². The number of benzene rings is 1. The fraction of sp³-hybridized carbons (Fsp3) is 0.235. The fourth-order valence-electron chi connectivity index (χ4n) is 1.75. The van der Waals surface area contributed by atoms with Crippen molar-refractivity contribution in [3.05, 3.63) is 52.2 Å². The number of nitrogens with one attached hydrogen (secondary N) is 1. The van der Waals surface area contributed by atoms with E-state index in [1.54, 1.807) is 18.4 Å². The Morgan fingerprint density at radius 3 is 3.00 bits per heavy atom. The SMILES string of the molecule is COc1cccc(CNC(=O)CCC#Cc2cccs2)c1. The van der Waals surface area contributed by atoms with E-state index < -0.39 is 0 Å². The molecule has 1 amide bonds. The Bertz CT molecular complexity index is 638. The van der Waals surface area contributed by atoms with Crippen molar-refractivity contribution in [2.24, 2.45) is 0 Å². The summed E-state index contributed by atoms with van der Waals surface area (Å²) in [6, 6.07) is 11.6. The zero-order valence-corrected chi connectivity index (χ0v) is 12.7. The van der Waals surface area contributed by atoms with E-state index >= 15 is 0 Å². The number of carbonyl (C=O) groups excluding carboxylic acids is 1. The van der Waals surface area contributed by atoms with Crippen molar-refractivity contribution >= 4 is 17.2 Å². The lowest BCUT2D eigenvalue weighted by atomic mass is 10.2. The van der Waals surface area contributed by atoms with Crippen LogP contribution in [-0.2, 0) is 11.3 Å². The summed E-state index contributed by atoms with van der Waals surface area (Å²) >= 11 is 1.61. The average Bonchev–Trinajstić information content (AvgIpc) is 3.03. The quantitative estimate of drug-likeness (QED) is 0.861. The van der Waals surface area contributed by atoms with Gasteiger partial charge in [0.15, 0.2) is 0 Å². The Kier molecular flexibility index (Phi) is 5.86. The molecule has 1 aromatic heterocycles. The summed E-state index contributed by atoms with van der Waals surface area (Å²) in [5.74, 6) is 6.86. The second kappa shape index (κ2) is 8.13. The van der Waals surface area contributed by atoms with Crippen molar-refractivity contribution in [2.45, 2.75) is 19.4 Å². The van der Waals surface area contributed by atoms with Gasteiger partial charge in [0.2, 0.25) is 5.91 Å². The molecule has 0 atom stereocenters. The predicted octanol–water partition coefficient (Wildman–Crippen LogP) is 3.20. The Morgan fingerprint density at radius 1 is 1.33 bits per heavy atom. The number of rotatable bonds is 5. The smallest absolute Gasteiger partial charge is 0.221 e. The first-order chi connectivity index (χ1) is 10.3. The molecule has 2 aromatic rings. The molecule has 21 heavy (non-hydrogen) atoms. The molecule has 0 spiro atoms. The van der Waals surface area contributed by atoms with E-state index in [0.29, 0.717) is 19.4 Å². The summed E-state index contributed by atoms with van der Waals surface area (Å²) in [5, 5.41) is 4.88. The van der Waals surface area contributed by atoms with Crippen LogP contribution in [-0.4, -0.2) is 13.0 Å². The van der Waals surface area contributed by atoms with Crippen LogP contribution < -0.4 is 10.1 Å². The normalized spacial score (nSPS) is 9.57. The molecule has 108 valence electrons. The largest absolute Gasteiger partial charge is 0.497 e. The number of methoxy groups -OCH3 is 1. The van der Waals surface area contributed by atoms with Gasteiger partial charge in [-0.05, 0) is 29.1 Å². The molecule has 0 radical (unpaired) electrons. The van der Waals surface area contributed by atoms with Gasteiger partial charge in [0.25, 0.3) is 0 Å².